The second-order valence-corrected chi connectivity index (χ2v) is 3.85. The van der Waals surface area contributed by atoms with Gasteiger partial charge < -0.3 is 15.1 Å². The van der Waals surface area contributed by atoms with E-state index in [-0.39, 0.29) is 0 Å². The third-order valence-electron chi connectivity index (χ3n) is 2.06. The zero-order valence-electron chi connectivity index (χ0n) is 9.40. The van der Waals surface area contributed by atoms with E-state index in [4.69, 9.17) is 5.11 Å². The van der Waals surface area contributed by atoms with Crippen LogP contribution in [0.5, 0.6) is 5.75 Å². The SMILES string of the molecule is CN(C)Cc1cc(F)c(O)c(C(=O)C(=O)O)c1. The smallest absolute Gasteiger partial charge is 0.377 e. The number of halogens is 1. The lowest BCUT2D eigenvalue weighted by Gasteiger charge is -2.11. The maximum absolute atomic E-state index is 13.3. The van der Waals surface area contributed by atoms with Crippen LogP contribution >= 0.6 is 0 Å². The Hall–Kier alpha value is -1.95. The van der Waals surface area contributed by atoms with E-state index in [1.807, 2.05) is 0 Å². The maximum Gasteiger partial charge on any atom is 0.377 e. The minimum atomic E-state index is -1.73. The molecule has 0 atom stereocenters. The molecule has 0 aliphatic rings. The molecule has 0 aliphatic carbocycles. The Morgan fingerprint density at radius 3 is 2.41 bits per heavy atom. The Morgan fingerprint density at radius 1 is 1.35 bits per heavy atom. The van der Waals surface area contributed by atoms with Gasteiger partial charge >= 0.3 is 5.97 Å². The molecule has 5 nitrogen and oxygen atoms in total. The van der Waals surface area contributed by atoms with Crippen molar-refractivity contribution in [2.24, 2.45) is 0 Å². The summed E-state index contributed by atoms with van der Waals surface area (Å²) in [4.78, 5) is 23.4. The standard InChI is InChI=1S/C11H12FNO4/c1-13(2)5-6-3-7(10(15)11(16)17)9(14)8(12)4-6/h3-4,14H,5H2,1-2H3,(H,16,17). The highest BCUT2D eigenvalue weighted by atomic mass is 19.1. The molecule has 17 heavy (non-hydrogen) atoms. The molecule has 0 spiro atoms. The Labute approximate surface area is 97.1 Å². The first kappa shape index (κ1) is 13.1. The van der Waals surface area contributed by atoms with Crippen LogP contribution in [0.15, 0.2) is 12.1 Å². The van der Waals surface area contributed by atoms with Gasteiger partial charge in [-0.05, 0) is 31.8 Å². The molecule has 0 fully saturated rings. The van der Waals surface area contributed by atoms with Crippen LogP contribution < -0.4 is 0 Å². The number of Topliss-reactive ketones (excluding diaryl/α,β-unsaturated/α-hetero) is 1. The van der Waals surface area contributed by atoms with Gasteiger partial charge in [-0.3, -0.25) is 4.79 Å². The molecule has 0 bridgehead atoms. The normalized spacial score (nSPS) is 10.6. The van der Waals surface area contributed by atoms with E-state index in [0.717, 1.165) is 6.07 Å². The molecular formula is C11H12FNO4. The van der Waals surface area contributed by atoms with Crippen LogP contribution in [0.1, 0.15) is 15.9 Å². The first-order valence-corrected chi connectivity index (χ1v) is 4.76. The molecule has 1 rings (SSSR count). The lowest BCUT2D eigenvalue weighted by Crippen LogP contribution is -2.15. The Balaban J connectivity index is 3.24. The number of ketones is 1. The van der Waals surface area contributed by atoms with E-state index in [1.165, 1.54) is 6.07 Å². The van der Waals surface area contributed by atoms with Gasteiger partial charge in [-0.2, -0.15) is 0 Å². The van der Waals surface area contributed by atoms with Crippen molar-refractivity contribution >= 4 is 11.8 Å². The summed E-state index contributed by atoms with van der Waals surface area (Å²) in [5.74, 6) is -5.00. The van der Waals surface area contributed by atoms with Crippen LogP contribution in [0.4, 0.5) is 4.39 Å². The van der Waals surface area contributed by atoms with Crippen LogP contribution in [0, 0.1) is 5.82 Å². The number of aliphatic carboxylic acids is 1. The molecule has 0 aliphatic heterocycles. The summed E-state index contributed by atoms with van der Waals surface area (Å²) < 4.78 is 13.3. The summed E-state index contributed by atoms with van der Waals surface area (Å²) >= 11 is 0. The van der Waals surface area contributed by atoms with E-state index in [1.54, 1.807) is 19.0 Å². The second kappa shape index (κ2) is 4.92. The number of aromatic hydroxyl groups is 1. The Kier molecular flexibility index (Phi) is 3.80. The highest BCUT2D eigenvalue weighted by Crippen LogP contribution is 2.24. The van der Waals surface area contributed by atoms with Gasteiger partial charge in [0, 0.05) is 6.54 Å². The van der Waals surface area contributed by atoms with E-state index in [9.17, 15) is 19.1 Å². The Bertz CT molecular complexity index is 471. The van der Waals surface area contributed by atoms with Crippen molar-refractivity contribution in [2.75, 3.05) is 14.1 Å². The van der Waals surface area contributed by atoms with Crippen molar-refractivity contribution in [3.63, 3.8) is 0 Å². The first-order chi connectivity index (χ1) is 7.82. The average molecular weight is 241 g/mol. The van der Waals surface area contributed by atoms with Gasteiger partial charge in [-0.1, -0.05) is 0 Å². The van der Waals surface area contributed by atoms with Gasteiger partial charge in [0.1, 0.15) is 0 Å². The molecule has 0 heterocycles. The lowest BCUT2D eigenvalue weighted by atomic mass is 10.0. The first-order valence-electron chi connectivity index (χ1n) is 4.76. The summed E-state index contributed by atoms with van der Waals surface area (Å²) in [6, 6.07) is 2.24. The van der Waals surface area contributed by atoms with E-state index in [0.29, 0.717) is 12.1 Å². The summed E-state index contributed by atoms with van der Waals surface area (Å²) in [6.07, 6.45) is 0. The Morgan fingerprint density at radius 2 is 1.94 bits per heavy atom. The summed E-state index contributed by atoms with van der Waals surface area (Å²) in [6.45, 7) is 0.330. The number of phenols is 1. The van der Waals surface area contributed by atoms with E-state index < -0.39 is 28.9 Å². The summed E-state index contributed by atoms with van der Waals surface area (Å²) in [7, 11) is 3.48. The molecule has 6 heteroatoms. The highest BCUT2D eigenvalue weighted by Gasteiger charge is 2.22. The van der Waals surface area contributed by atoms with Gasteiger partial charge in [0.05, 0.1) is 5.56 Å². The fraction of sp³-hybridized carbons (Fsp3) is 0.273. The van der Waals surface area contributed by atoms with Crippen molar-refractivity contribution in [1.82, 2.24) is 4.90 Å². The van der Waals surface area contributed by atoms with Crippen molar-refractivity contribution < 1.29 is 24.2 Å². The van der Waals surface area contributed by atoms with Gasteiger partial charge in [0.25, 0.3) is 5.78 Å². The predicted molar refractivity (Wildman–Crippen MR) is 57.4 cm³/mol. The number of carbonyl (C=O) groups excluding carboxylic acids is 1. The molecule has 0 saturated carbocycles. The minimum absolute atomic E-state index is 0.330. The van der Waals surface area contributed by atoms with Crippen LogP contribution in [0.25, 0.3) is 0 Å². The zero-order valence-corrected chi connectivity index (χ0v) is 9.40. The monoisotopic (exact) mass is 241 g/mol. The molecule has 0 radical (unpaired) electrons. The number of carbonyl (C=O) groups is 2. The molecule has 0 aromatic heterocycles. The van der Waals surface area contributed by atoms with Gasteiger partial charge in [-0.15, -0.1) is 0 Å². The number of carboxylic acids is 1. The van der Waals surface area contributed by atoms with Crippen LogP contribution in [-0.2, 0) is 11.3 Å². The summed E-state index contributed by atoms with van der Waals surface area (Å²) in [5, 5.41) is 17.8. The van der Waals surface area contributed by atoms with Crippen molar-refractivity contribution in [1.29, 1.82) is 0 Å². The van der Waals surface area contributed by atoms with Crippen LogP contribution in [-0.4, -0.2) is 41.0 Å². The summed E-state index contributed by atoms with van der Waals surface area (Å²) in [5.41, 5.74) is -0.121. The maximum atomic E-state index is 13.3. The van der Waals surface area contributed by atoms with Crippen molar-refractivity contribution in [2.45, 2.75) is 6.54 Å². The zero-order chi connectivity index (χ0) is 13.2. The van der Waals surface area contributed by atoms with Gasteiger partial charge in [-0.25, -0.2) is 9.18 Å². The number of hydrogen-bond acceptors (Lipinski definition) is 4. The lowest BCUT2D eigenvalue weighted by molar-refractivity contribution is -0.131. The van der Waals surface area contributed by atoms with Crippen molar-refractivity contribution in [3.8, 4) is 5.75 Å². The van der Waals surface area contributed by atoms with E-state index in [2.05, 4.69) is 0 Å². The largest absolute Gasteiger partial charge is 0.504 e. The van der Waals surface area contributed by atoms with Gasteiger partial charge in [0.2, 0.25) is 0 Å². The van der Waals surface area contributed by atoms with Gasteiger partial charge in [0.15, 0.2) is 11.6 Å². The molecule has 1 aromatic carbocycles. The number of nitrogens with zero attached hydrogens (tertiary/aromatic N) is 1. The van der Waals surface area contributed by atoms with E-state index >= 15 is 0 Å². The number of phenolic OH excluding ortho intramolecular Hbond substituents is 1. The molecule has 0 saturated heterocycles. The topological polar surface area (TPSA) is 77.8 Å². The number of carboxylic acid groups (broad SMARTS) is 1. The molecule has 92 valence electrons. The fourth-order valence-corrected chi connectivity index (χ4v) is 1.40. The third-order valence-corrected chi connectivity index (χ3v) is 2.06. The van der Waals surface area contributed by atoms with Crippen LogP contribution in [0.3, 0.4) is 0 Å². The second-order valence-electron chi connectivity index (χ2n) is 3.85. The molecule has 0 unspecified atom stereocenters. The molecule has 1 aromatic rings. The molecular weight excluding hydrogens is 229 g/mol. The van der Waals surface area contributed by atoms with Crippen molar-refractivity contribution in [3.05, 3.63) is 29.1 Å². The molecule has 2 N–H and O–H groups in total. The number of hydrogen-bond donors (Lipinski definition) is 2. The highest BCUT2D eigenvalue weighted by molar-refractivity contribution is 6.40. The minimum Gasteiger partial charge on any atom is -0.504 e. The quantitative estimate of drug-likeness (QED) is 0.604. The fourth-order valence-electron chi connectivity index (χ4n) is 1.40. The number of benzene rings is 1. The average Bonchev–Trinajstić information content (AvgIpc) is 2.21. The van der Waals surface area contributed by atoms with Crippen LogP contribution in [0.2, 0.25) is 0 Å². The third kappa shape index (κ3) is 3.01. The predicted octanol–water partition coefficient (Wildman–Crippen LogP) is 0.860. The molecule has 0 amide bonds. The number of rotatable bonds is 4.